The SMILES string of the molecule is C[C@H](CO)N1C[C@H](C)[C@H](CN(C)Cc2ccc3c(c2)OCO3)OCCCC[C@H](C)Oc2ccc(NS(=O)(=O)c3cccs3)cc2C1=O. The van der Waals surface area contributed by atoms with E-state index in [1.807, 2.05) is 32.2 Å². The standard InChI is InChI=1S/C34H45N3O8S2/c1-23-18-37(24(2)21-38)34(39)28-17-27(35-47(40,41)33-9-7-15-46-33)11-13-29(28)45-25(3)8-5-6-14-42-32(23)20-36(4)19-26-10-12-30-31(16-26)44-22-43-30/h7,9-13,15-17,23-25,32,35,38H,5-6,8,14,18-22H2,1-4H3/t23-,24+,25-,32-/m0/s1. The molecular formula is C34H45N3O8S2. The van der Waals surface area contributed by atoms with Gasteiger partial charge in [0.15, 0.2) is 11.5 Å². The van der Waals surface area contributed by atoms with Gasteiger partial charge in [-0.1, -0.05) is 19.1 Å². The van der Waals surface area contributed by atoms with Gasteiger partial charge >= 0.3 is 0 Å². The molecule has 1 aromatic heterocycles. The quantitative estimate of drug-likeness (QED) is 0.312. The summed E-state index contributed by atoms with van der Waals surface area (Å²) in [7, 11) is -1.79. The summed E-state index contributed by atoms with van der Waals surface area (Å²) in [5.74, 6) is 1.40. The smallest absolute Gasteiger partial charge is 0.271 e. The summed E-state index contributed by atoms with van der Waals surface area (Å²) in [5, 5.41) is 11.9. The van der Waals surface area contributed by atoms with Gasteiger partial charge in [-0.2, -0.15) is 0 Å². The number of amides is 1. The molecule has 13 heteroatoms. The fourth-order valence-corrected chi connectivity index (χ4v) is 7.84. The van der Waals surface area contributed by atoms with Crippen molar-refractivity contribution in [3.63, 3.8) is 0 Å². The van der Waals surface area contributed by atoms with Crippen LogP contribution in [0.1, 0.15) is 56.0 Å². The molecule has 0 bridgehead atoms. The van der Waals surface area contributed by atoms with Crippen molar-refractivity contribution in [1.29, 1.82) is 0 Å². The summed E-state index contributed by atoms with van der Waals surface area (Å²) in [6.07, 6.45) is 2.10. The number of sulfonamides is 1. The molecule has 0 radical (unpaired) electrons. The predicted octanol–water partition coefficient (Wildman–Crippen LogP) is 5.21. The maximum Gasteiger partial charge on any atom is 0.271 e. The fraction of sp³-hybridized carbons (Fsp3) is 0.500. The van der Waals surface area contributed by atoms with Crippen molar-refractivity contribution >= 4 is 33.0 Å². The molecule has 47 heavy (non-hydrogen) atoms. The molecular weight excluding hydrogens is 643 g/mol. The Labute approximate surface area is 281 Å². The van der Waals surface area contributed by atoms with E-state index in [4.69, 9.17) is 18.9 Å². The van der Waals surface area contributed by atoms with E-state index in [1.54, 1.807) is 35.4 Å². The molecule has 0 unspecified atom stereocenters. The number of hydrogen-bond donors (Lipinski definition) is 2. The van der Waals surface area contributed by atoms with Crippen LogP contribution in [-0.4, -0.2) is 87.6 Å². The molecule has 11 nitrogen and oxygen atoms in total. The van der Waals surface area contributed by atoms with Crippen molar-refractivity contribution in [2.75, 3.05) is 44.9 Å². The van der Waals surface area contributed by atoms with Gasteiger partial charge in [0.1, 0.15) is 9.96 Å². The van der Waals surface area contributed by atoms with E-state index in [1.165, 1.54) is 12.1 Å². The van der Waals surface area contributed by atoms with Gasteiger partial charge in [-0.05, 0) is 87.5 Å². The third-order valence-corrected chi connectivity index (χ3v) is 11.2. The molecule has 0 spiro atoms. The number of fused-ring (bicyclic) bond motifs is 2. The highest BCUT2D eigenvalue weighted by atomic mass is 32.2. The molecule has 2 aliphatic heterocycles. The topological polar surface area (TPSA) is 127 Å². The maximum absolute atomic E-state index is 14.4. The van der Waals surface area contributed by atoms with Gasteiger partial charge in [0, 0.05) is 37.8 Å². The molecule has 4 atom stereocenters. The highest BCUT2D eigenvalue weighted by Crippen LogP contribution is 2.33. The molecule has 0 aliphatic carbocycles. The van der Waals surface area contributed by atoms with Crippen molar-refractivity contribution < 1.29 is 37.3 Å². The number of rotatable bonds is 9. The van der Waals surface area contributed by atoms with Crippen LogP contribution in [0.25, 0.3) is 0 Å². The van der Waals surface area contributed by atoms with E-state index in [0.29, 0.717) is 32.0 Å². The average molecular weight is 688 g/mol. The highest BCUT2D eigenvalue weighted by molar-refractivity contribution is 7.94. The third kappa shape index (κ3) is 8.96. The maximum atomic E-state index is 14.4. The van der Waals surface area contributed by atoms with Crippen LogP contribution in [-0.2, 0) is 21.3 Å². The number of carbonyl (C=O) groups is 1. The second-order valence-electron chi connectivity index (χ2n) is 12.4. The van der Waals surface area contributed by atoms with Gasteiger partial charge in [0.25, 0.3) is 15.9 Å². The minimum Gasteiger partial charge on any atom is -0.490 e. The van der Waals surface area contributed by atoms with Gasteiger partial charge in [-0.15, -0.1) is 11.3 Å². The van der Waals surface area contributed by atoms with Crippen molar-refractivity contribution in [1.82, 2.24) is 9.80 Å². The van der Waals surface area contributed by atoms with E-state index in [2.05, 4.69) is 16.5 Å². The number of hydrogen-bond acceptors (Lipinski definition) is 10. The number of carbonyl (C=O) groups excluding carboxylic acids is 1. The third-order valence-electron chi connectivity index (χ3n) is 8.44. The van der Waals surface area contributed by atoms with Crippen LogP contribution >= 0.6 is 11.3 Å². The summed E-state index contributed by atoms with van der Waals surface area (Å²) >= 11 is 1.11. The summed E-state index contributed by atoms with van der Waals surface area (Å²) in [6.45, 7) is 7.97. The number of aliphatic hydroxyl groups excluding tert-OH is 1. The molecule has 2 aromatic carbocycles. The number of thiophene rings is 1. The van der Waals surface area contributed by atoms with Crippen LogP contribution in [0.5, 0.6) is 17.2 Å². The Hall–Kier alpha value is -3.36. The minimum atomic E-state index is -3.83. The Balaban J connectivity index is 1.40. The minimum absolute atomic E-state index is 0.0982. The summed E-state index contributed by atoms with van der Waals surface area (Å²) in [6, 6.07) is 13.4. The van der Waals surface area contributed by atoms with Gasteiger partial charge in [0.05, 0.1) is 30.4 Å². The largest absolute Gasteiger partial charge is 0.490 e. The first-order chi connectivity index (χ1) is 22.5. The van der Waals surface area contributed by atoms with Gasteiger partial charge in [0.2, 0.25) is 6.79 Å². The number of ether oxygens (including phenoxy) is 4. The first-order valence-electron chi connectivity index (χ1n) is 16.0. The zero-order valence-electron chi connectivity index (χ0n) is 27.4. The molecule has 1 amide bonds. The number of anilines is 1. The van der Waals surface area contributed by atoms with Gasteiger partial charge in [-0.25, -0.2) is 8.42 Å². The Morgan fingerprint density at radius 1 is 1.09 bits per heavy atom. The van der Waals surface area contributed by atoms with Crippen molar-refractivity contribution in [2.24, 2.45) is 5.92 Å². The summed E-state index contributed by atoms with van der Waals surface area (Å²) in [4.78, 5) is 18.2. The van der Waals surface area contributed by atoms with Crippen molar-refractivity contribution in [2.45, 2.75) is 69.0 Å². The van der Waals surface area contributed by atoms with Crippen LogP contribution in [0.2, 0.25) is 0 Å². The number of aliphatic hydroxyl groups is 1. The summed E-state index contributed by atoms with van der Waals surface area (Å²) < 4.78 is 52.5. The normalized spacial score (nSPS) is 21.5. The molecule has 3 aromatic rings. The number of likely N-dealkylation sites (N-methyl/N-ethyl adjacent to an activating group) is 1. The Bertz CT molecular complexity index is 1600. The van der Waals surface area contributed by atoms with Gasteiger partial charge in [-0.3, -0.25) is 14.4 Å². The van der Waals surface area contributed by atoms with Crippen LogP contribution < -0.4 is 18.9 Å². The van der Waals surface area contributed by atoms with Crippen LogP contribution in [0.3, 0.4) is 0 Å². The lowest BCUT2D eigenvalue weighted by Crippen LogP contribution is -2.47. The zero-order valence-corrected chi connectivity index (χ0v) is 29.0. The van der Waals surface area contributed by atoms with Crippen molar-refractivity contribution in [3.8, 4) is 17.2 Å². The Morgan fingerprint density at radius 3 is 2.64 bits per heavy atom. The summed E-state index contributed by atoms with van der Waals surface area (Å²) in [5.41, 5.74) is 1.57. The highest BCUT2D eigenvalue weighted by Gasteiger charge is 2.31. The number of nitrogens with zero attached hydrogens (tertiary/aromatic N) is 2. The number of nitrogens with one attached hydrogen (secondary N) is 1. The lowest BCUT2D eigenvalue weighted by Gasteiger charge is -2.36. The predicted molar refractivity (Wildman–Crippen MR) is 181 cm³/mol. The fourth-order valence-electron chi connectivity index (χ4n) is 5.79. The molecule has 5 rings (SSSR count). The molecule has 3 heterocycles. The van der Waals surface area contributed by atoms with E-state index in [-0.39, 0.29) is 52.9 Å². The van der Waals surface area contributed by atoms with E-state index < -0.39 is 16.1 Å². The lowest BCUT2D eigenvalue weighted by atomic mass is 10.0. The van der Waals surface area contributed by atoms with E-state index >= 15 is 0 Å². The molecule has 0 fully saturated rings. The molecule has 2 N–H and O–H groups in total. The molecule has 0 saturated heterocycles. The second kappa shape index (κ2) is 15.7. The Morgan fingerprint density at radius 2 is 1.87 bits per heavy atom. The van der Waals surface area contributed by atoms with E-state index in [9.17, 15) is 18.3 Å². The second-order valence-corrected chi connectivity index (χ2v) is 15.3. The monoisotopic (exact) mass is 687 g/mol. The average Bonchev–Trinajstić information content (AvgIpc) is 3.75. The zero-order chi connectivity index (χ0) is 33.6. The number of benzene rings is 2. The van der Waals surface area contributed by atoms with Crippen LogP contribution in [0.15, 0.2) is 58.1 Å². The first-order valence-corrected chi connectivity index (χ1v) is 18.4. The molecule has 256 valence electrons. The molecule has 2 aliphatic rings. The van der Waals surface area contributed by atoms with Crippen molar-refractivity contribution in [3.05, 3.63) is 65.0 Å². The van der Waals surface area contributed by atoms with Crippen LogP contribution in [0, 0.1) is 5.92 Å². The van der Waals surface area contributed by atoms with Crippen LogP contribution in [0.4, 0.5) is 5.69 Å². The van der Waals surface area contributed by atoms with E-state index in [0.717, 1.165) is 47.7 Å². The van der Waals surface area contributed by atoms with Gasteiger partial charge < -0.3 is 29.0 Å². The lowest BCUT2D eigenvalue weighted by molar-refractivity contribution is -0.0177. The molecule has 0 saturated carbocycles. The Kier molecular flexibility index (Phi) is 11.7. The first kappa shape index (κ1) is 35.0.